The molecule has 0 spiro atoms. The first kappa shape index (κ1) is 17.5. The first-order valence-electron chi connectivity index (χ1n) is 6.36. The van der Waals surface area contributed by atoms with E-state index in [0.29, 0.717) is 31.6 Å². The van der Waals surface area contributed by atoms with Gasteiger partial charge in [0.15, 0.2) is 0 Å². The molecule has 0 N–H and O–H groups in total. The lowest BCUT2D eigenvalue weighted by Gasteiger charge is -2.18. The summed E-state index contributed by atoms with van der Waals surface area (Å²) in [7, 11) is -2.21. The van der Waals surface area contributed by atoms with E-state index in [4.69, 9.17) is 55.3 Å². The molecule has 0 aliphatic rings. The normalized spacial score (nSPS) is 11.2. The Balaban J connectivity index is 2.19. The molecule has 0 fully saturated rings. The van der Waals surface area contributed by atoms with Crippen molar-refractivity contribution < 1.29 is 8.85 Å². The van der Waals surface area contributed by atoms with Crippen LogP contribution in [0, 0.1) is 0 Å². The van der Waals surface area contributed by atoms with Gasteiger partial charge in [0.05, 0.1) is 10.0 Å². The Bertz CT molecular complexity index is 638. The molecule has 0 radical (unpaired) electrons. The molecule has 0 atom stereocenters. The highest BCUT2D eigenvalue weighted by Gasteiger charge is 2.17. The fourth-order valence-electron chi connectivity index (χ4n) is 1.65. The summed E-state index contributed by atoms with van der Waals surface area (Å²) in [5, 5.41) is 1.95. The minimum atomic E-state index is -2.21. The van der Waals surface area contributed by atoms with Crippen molar-refractivity contribution in [3.63, 3.8) is 0 Å². The Kier molecular flexibility index (Phi) is 6.47. The third kappa shape index (κ3) is 4.83. The fraction of sp³-hybridized carbons (Fsp3) is 0.0667. The second-order valence-electron chi connectivity index (χ2n) is 4.28. The molecule has 2 aromatic rings. The molecule has 7 heteroatoms. The molecule has 116 valence electrons. The molecule has 0 unspecified atom stereocenters. The molecule has 2 aromatic carbocycles. The van der Waals surface area contributed by atoms with Crippen molar-refractivity contribution in [1.29, 1.82) is 0 Å². The highest BCUT2D eigenvalue weighted by Crippen LogP contribution is 2.30. The maximum Gasteiger partial charge on any atom is 0.471 e. The van der Waals surface area contributed by atoms with Gasteiger partial charge >= 0.3 is 9.28 Å². The van der Waals surface area contributed by atoms with Gasteiger partial charge < -0.3 is 8.85 Å². The van der Waals surface area contributed by atoms with Gasteiger partial charge in [0.1, 0.15) is 11.5 Å². The van der Waals surface area contributed by atoms with Gasteiger partial charge in [-0.05, 0) is 49.0 Å². The largest absolute Gasteiger partial charge is 0.510 e. The van der Waals surface area contributed by atoms with E-state index >= 15 is 0 Å². The average molecular weight is 394 g/mol. The second kappa shape index (κ2) is 8.13. The predicted molar refractivity (Wildman–Crippen MR) is 96.1 cm³/mol. The highest BCUT2D eigenvalue weighted by atomic mass is 35.5. The third-order valence-electron chi connectivity index (χ3n) is 2.62. The van der Waals surface area contributed by atoms with Gasteiger partial charge in [-0.3, -0.25) is 0 Å². The van der Waals surface area contributed by atoms with Crippen molar-refractivity contribution in [3.05, 3.63) is 68.3 Å². The summed E-state index contributed by atoms with van der Waals surface area (Å²) in [4.78, 5) is 0. The molecule has 0 aliphatic carbocycles. The number of allylic oxidation sites excluding steroid dienone is 1. The van der Waals surface area contributed by atoms with Crippen LogP contribution in [-0.4, -0.2) is 9.28 Å². The van der Waals surface area contributed by atoms with E-state index in [9.17, 15) is 0 Å². The minimum Gasteiger partial charge on any atom is -0.510 e. The zero-order chi connectivity index (χ0) is 16.1. The molecule has 0 saturated heterocycles. The Labute approximate surface area is 151 Å². The number of hydrogen-bond acceptors (Lipinski definition) is 2. The summed E-state index contributed by atoms with van der Waals surface area (Å²) in [5.41, 5.74) is 1.87. The van der Waals surface area contributed by atoms with Crippen molar-refractivity contribution in [3.8, 4) is 11.5 Å². The van der Waals surface area contributed by atoms with E-state index in [1.807, 2.05) is 18.7 Å². The molecule has 0 heterocycles. The molecule has 2 nitrogen and oxygen atoms in total. The zero-order valence-electron chi connectivity index (χ0n) is 11.5. The average Bonchev–Trinajstić information content (AvgIpc) is 2.45. The Morgan fingerprint density at radius 2 is 1.27 bits per heavy atom. The van der Waals surface area contributed by atoms with Crippen LogP contribution in [0.15, 0.2) is 48.2 Å². The van der Waals surface area contributed by atoms with E-state index in [0.717, 1.165) is 0 Å². The molecule has 0 saturated carbocycles. The predicted octanol–water partition coefficient (Wildman–Crippen LogP) is 6.09. The topological polar surface area (TPSA) is 18.5 Å². The molecular formula is C15H12Cl4O2Si. The quantitative estimate of drug-likeness (QED) is 0.571. The third-order valence-corrected chi connectivity index (χ3v) is 5.36. The van der Waals surface area contributed by atoms with Crippen molar-refractivity contribution in [2.75, 3.05) is 0 Å². The van der Waals surface area contributed by atoms with Crippen LogP contribution in [0.2, 0.25) is 20.1 Å². The lowest BCUT2D eigenvalue weighted by Crippen LogP contribution is -2.28. The van der Waals surface area contributed by atoms with E-state index in [-0.39, 0.29) is 0 Å². The standard InChI is InChI=1S/C15H12Cl4O2Si/c1-2-7-22(20-14-5-3-10(16)8-12(14)18)21-15-6-4-11(17)9-13(15)19/h2-9,22H,1H3. The van der Waals surface area contributed by atoms with Crippen LogP contribution in [0.1, 0.15) is 6.92 Å². The van der Waals surface area contributed by atoms with E-state index in [2.05, 4.69) is 0 Å². The van der Waals surface area contributed by atoms with Gasteiger partial charge in [-0.1, -0.05) is 52.5 Å². The van der Waals surface area contributed by atoms with Crippen LogP contribution in [-0.2, 0) is 0 Å². The van der Waals surface area contributed by atoms with Gasteiger partial charge in [0, 0.05) is 10.0 Å². The van der Waals surface area contributed by atoms with Gasteiger partial charge in [-0.2, -0.15) is 0 Å². The van der Waals surface area contributed by atoms with Crippen molar-refractivity contribution in [2.45, 2.75) is 6.92 Å². The van der Waals surface area contributed by atoms with Gasteiger partial charge in [0.25, 0.3) is 0 Å². The van der Waals surface area contributed by atoms with Gasteiger partial charge in [-0.25, -0.2) is 0 Å². The summed E-state index contributed by atoms with van der Waals surface area (Å²) in [6, 6.07) is 10.1. The molecular weight excluding hydrogens is 382 g/mol. The van der Waals surface area contributed by atoms with Crippen molar-refractivity contribution in [1.82, 2.24) is 0 Å². The molecule has 0 amide bonds. The highest BCUT2D eigenvalue weighted by molar-refractivity contribution is 6.53. The van der Waals surface area contributed by atoms with Crippen LogP contribution in [0.4, 0.5) is 0 Å². The summed E-state index contributed by atoms with van der Waals surface area (Å²) in [5.74, 6) is 1.04. The monoisotopic (exact) mass is 392 g/mol. The summed E-state index contributed by atoms with van der Waals surface area (Å²) in [6.45, 7) is 1.89. The second-order valence-corrected chi connectivity index (χ2v) is 7.56. The molecule has 0 aliphatic heterocycles. The van der Waals surface area contributed by atoms with E-state index in [1.54, 1.807) is 36.4 Å². The van der Waals surface area contributed by atoms with Crippen LogP contribution in [0.25, 0.3) is 0 Å². The Morgan fingerprint density at radius 3 is 1.64 bits per heavy atom. The first-order valence-corrected chi connectivity index (χ1v) is 9.48. The van der Waals surface area contributed by atoms with Crippen molar-refractivity contribution >= 4 is 55.7 Å². The van der Waals surface area contributed by atoms with E-state index in [1.165, 1.54) is 0 Å². The van der Waals surface area contributed by atoms with Crippen LogP contribution < -0.4 is 8.85 Å². The Hall–Kier alpha value is -0.843. The van der Waals surface area contributed by atoms with Crippen LogP contribution in [0.5, 0.6) is 11.5 Å². The SMILES string of the molecule is CC=C[SiH](Oc1ccc(Cl)cc1Cl)Oc1ccc(Cl)cc1Cl. The molecule has 22 heavy (non-hydrogen) atoms. The molecule has 2 rings (SSSR count). The van der Waals surface area contributed by atoms with Crippen LogP contribution in [0.3, 0.4) is 0 Å². The number of benzene rings is 2. The molecule has 0 aromatic heterocycles. The number of rotatable bonds is 5. The maximum absolute atomic E-state index is 6.12. The summed E-state index contributed by atoms with van der Waals surface area (Å²) in [6.07, 6.45) is 1.87. The van der Waals surface area contributed by atoms with Gasteiger partial charge in [-0.15, -0.1) is 0 Å². The summed E-state index contributed by atoms with van der Waals surface area (Å²) >= 11 is 24.0. The number of halogens is 4. The van der Waals surface area contributed by atoms with Crippen molar-refractivity contribution in [2.24, 2.45) is 0 Å². The maximum atomic E-state index is 6.12. The fourth-order valence-corrected chi connectivity index (χ4v) is 4.14. The summed E-state index contributed by atoms with van der Waals surface area (Å²) < 4.78 is 11.8. The van der Waals surface area contributed by atoms with Crippen LogP contribution >= 0.6 is 46.4 Å². The zero-order valence-corrected chi connectivity index (χ0v) is 15.7. The first-order chi connectivity index (χ1) is 10.5. The lowest BCUT2D eigenvalue weighted by molar-refractivity contribution is 0.438. The smallest absolute Gasteiger partial charge is 0.471 e. The van der Waals surface area contributed by atoms with Gasteiger partial charge in [0.2, 0.25) is 0 Å². The Morgan fingerprint density at radius 1 is 0.818 bits per heavy atom. The minimum absolute atomic E-state index is 0.431. The lowest BCUT2D eigenvalue weighted by atomic mass is 10.3. The molecule has 0 bridgehead atoms. The number of hydrogen-bond donors (Lipinski definition) is 0. The van der Waals surface area contributed by atoms with E-state index < -0.39 is 9.28 Å².